The number of nitrogens with one attached hydrogen (secondary N) is 1. The maximum Gasteiger partial charge on any atom is 0.340 e. The molecule has 7 heteroatoms. The molecule has 0 bridgehead atoms. The highest BCUT2D eigenvalue weighted by molar-refractivity contribution is 6.02. The van der Waals surface area contributed by atoms with Gasteiger partial charge in [-0.1, -0.05) is 24.3 Å². The predicted molar refractivity (Wildman–Crippen MR) is 86.8 cm³/mol. The number of ether oxygens (including phenoxy) is 2. The Morgan fingerprint density at radius 2 is 1.83 bits per heavy atom. The van der Waals surface area contributed by atoms with E-state index >= 15 is 0 Å². The quantitative estimate of drug-likeness (QED) is 0.531. The monoisotopic (exact) mass is 325 g/mol. The highest BCUT2D eigenvalue weighted by Crippen LogP contribution is 2.18. The summed E-state index contributed by atoms with van der Waals surface area (Å²) in [6.07, 6.45) is 1.63. The van der Waals surface area contributed by atoms with Crippen molar-refractivity contribution in [3.63, 3.8) is 0 Å². The summed E-state index contributed by atoms with van der Waals surface area (Å²) in [4.78, 5) is 23.4. The fourth-order valence-corrected chi connectivity index (χ4v) is 2.30. The lowest BCUT2D eigenvalue weighted by atomic mass is 10.1. The van der Waals surface area contributed by atoms with Crippen LogP contribution in [-0.4, -0.2) is 35.3 Å². The lowest BCUT2D eigenvalue weighted by Gasteiger charge is -2.10. The molecule has 2 aromatic carbocycles. The smallest absolute Gasteiger partial charge is 0.340 e. The van der Waals surface area contributed by atoms with Crippen LogP contribution in [0, 0.1) is 0 Å². The van der Waals surface area contributed by atoms with E-state index in [4.69, 9.17) is 15.2 Å². The van der Waals surface area contributed by atoms with Crippen molar-refractivity contribution < 1.29 is 19.1 Å². The van der Waals surface area contributed by atoms with Gasteiger partial charge in [0.1, 0.15) is 19.0 Å². The van der Waals surface area contributed by atoms with Crippen molar-refractivity contribution in [3.05, 3.63) is 59.8 Å². The predicted octanol–water partition coefficient (Wildman–Crippen LogP) is 1.90. The Bertz CT molecular complexity index is 888. The van der Waals surface area contributed by atoms with Crippen LogP contribution in [0.25, 0.3) is 10.9 Å². The van der Waals surface area contributed by atoms with Crippen LogP contribution < -0.4 is 10.5 Å². The number of aromatic nitrogens is 2. The maximum absolute atomic E-state index is 12.1. The molecule has 24 heavy (non-hydrogen) atoms. The highest BCUT2D eigenvalue weighted by Gasteiger charge is 2.13. The van der Waals surface area contributed by atoms with E-state index in [-0.39, 0.29) is 18.8 Å². The van der Waals surface area contributed by atoms with Crippen molar-refractivity contribution in [2.24, 2.45) is 5.73 Å². The summed E-state index contributed by atoms with van der Waals surface area (Å²) in [6.45, 7) is 0.144. The van der Waals surface area contributed by atoms with Crippen LogP contribution >= 0.6 is 0 Å². The van der Waals surface area contributed by atoms with Gasteiger partial charge in [0.2, 0.25) is 0 Å². The Hall–Kier alpha value is -3.35. The number of hydrogen-bond donors (Lipinski definition) is 2. The Morgan fingerprint density at radius 3 is 2.67 bits per heavy atom. The molecule has 3 aromatic rings. The number of hydrogen-bond acceptors (Lipinski definition) is 5. The lowest BCUT2D eigenvalue weighted by Crippen LogP contribution is -2.16. The number of benzene rings is 2. The minimum atomic E-state index is -0.575. The minimum Gasteiger partial charge on any atom is -0.489 e. The molecule has 0 aliphatic carbocycles. The van der Waals surface area contributed by atoms with Crippen molar-refractivity contribution in [2.45, 2.75) is 0 Å². The van der Waals surface area contributed by atoms with Crippen molar-refractivity contribution in [3.8, 4) is 5.75 Å². The molecule has 1 aromatic heterocycles. The summed E-state index contributed by atoms with van der Waals surface area (Å²) < 4.78 is 10.7. The molecule has 122 valence electrons. The van der Waals surface area contributed by atoms with Gasteiger partial charge < -0.3 is 15.2 Å². The molecule has 1 heterocycles. The summed E-state index contributed by atoms with van der Waals surface area (Å²) in [7, 11) is 0. The molecule has 0 fully saturated rings. The summed E-state index contributed by atoms with van der Waals surface area (Å²) >= 11 is 0. The van der Waals surface area contributed by atoms with E-state index in [0.29, 0.717) is 16.8 Å². The fourth-order valence-electron chi connectivity index (χ4n) is 2.30. The van der Waals surface area contributed by atoms with Gasteiger partial charge in [0.15, 0.2) is 0 Å². The molecular weight excluding hydrogens is 310 g/mol. The second kappa shape index (κ2) is 6.82. The Labute approximate surface area is 137 Å². The van der Waals surface area contributed by atoms with Crippen LogP contribution in [0.15, 0.2) is 48.7 Å². The van der Waals surface area contributed by atoms with Gasteiger partial charge in [0.05, 0.1) is 22.8 Å². The first-order valence-electron chi connectivity index (χ1n) is 7.27. The molecule has 1 amide bonds. The summed E-state index contributed by atoms with van der Waals surface area (Å²) in [6, 6.07) is 11.9. The van der Waals surface area contributed by atoms with E-state index in [1.54, 1.807) is 42.6 Å². The number of rotatable bonds is 6. The van der Waals surface area contributed by atoms with Crippen LogP contribution in [0.5, 0.6) is 5.75 Å². The first kappa shape index (κ1) is 15.5. The van der Waals surface area contributed by atoms with Crippen LogP contribution in [-0.2, 0) is 4.74 Å². The standard InChI is InChI=1S/C17H15N3O4/c18-16(21)12-5-1-2-7-14(12)23-8-9-24-17(22)13-6-3-4-11-10-19-20-15(11)13/h1-7,10H,8-9H2,(H2,18,21)(H,19,20). The Kier molecular flexibility index (Phi) is 4.42. The number of esters is 1. The second-order valence-electron chi connectivity index (χ2n) is 4.98. The molecule has 0 aliphatic heterocycles. The van der Waals surface area contributed by atoms with Crippen molar-refractivity contribution in [2.75, 3.05) is 13.2 Å². The van der Waals surface area contributed by atoms with Crippen molar-refractivity contribution >= 4 is 22.8 Å². The molecule has 0 unspecified atom stereocenters. The molecule has 7 nitrogen and oxygen atoms in total. The number of nitrogens with two attached hydrogens (primary N) is 1. The topological polar surface area (TPSA) is 107 Å². The van der Waals surface area contributed by atoms with Gasteiger partial charge >= 0.3 is 5.97 Å². The minimum absolute atomic E-state index is 0.0381. The van der Waals surface area contributed by atoms with Gasteiger partial charge in [0.25, 0.3) is 5.91 Å². The van der Waals surface area contributed by atoms with E-state index in [9.17, 15) is 9.59 Å². The summed E-state index contributed by atoms with van der Waals surface area (Å²) in [5.74, 6) is -0.693. The number of carbonyl (C=O) groups excluding carboxylic acids is 2. The maximum atomic E-state index is 12.1. The van der Waals surface area contributed by atoms with Gasteiger partial charge in [-0.05, 0) is 18.2 Å². The van der Waals surface area contributed by atoms with Crippen molar-refractivity contribution in [1.29, 1.82) is 0 Å². The lowest BCUT2D eigenvalue weighted by molar-refractivity contribution is 0.0451. The van der Waals surface area contributed by atoms with Crippen LogP contribution in [0.3, 0.4) is 0 Å². The normalized spacial score (nSPS) is 10.5. The molecule has 0 spiro atoms. The number of fused-ring (bicyclic) bond motifs is 1. The highest BCUT2D eigenvalue weighted by atomic mass is 16.6. The van der Waals surface area contributed by atoms with Gasteiger partial charge in [-0.3, -0.25) is 9.89 Å². The van der Waals surface area contributed by atoms with Crippen LogP contribution in [0.4, 0.5) is 0 Å². The third-order valence-corrected chi connectivity index (χ3v) is 3.42. The van der Waals surface area contributed by atoms with Gasteiger partial charge in [-0.25, -0.2) is 4.79 Å². The average molecular weight is 325 g/mol. The Morgan fingerprint density at radius 1 is 1.04 bits per heavy atom. The number of amides is 1. The Balaban J connectivity index is 1.58. The molecule has 0 saturated carbocycles. The number of H-pyrrole nitrogens is 1. The number of nitrogens with zero attached hydrogens (tertiary/aromatic N) is 1. The second-order valence-corrected chi connectivity index (χ2v) is 4.98. The van der Waals surface area contributed by atoms with Gasteiger partial charge in [0, 0.05) is 5.39 Å². The molecule has 0 radical (unpaired) electrons. The molecule has 3 rings (SSSR count). The molecule has 0 saturated heterocycles. The van der Waals surface area contributed by atoms with E-state index in [0.717, 1.165) is 5.39 Å². The van der Waals surface area contributed by atoms with Crippen LogP contribution in [0.1, 0.15) is 20.7 Å². The van der Waals surface area contributed by atoms with E-state index < -0.39 is 11.9 Å². The summed E-state index contributed by atoms with van der Waals surface area (Å²) in [5, 5.41) is 7.51. The SMILES string of the molecule is NC(=O)c1ccccc1OCCOC(=O)c1cccc2cn[nH]c12. The van der Waals surface area contributed by atoms with Crippen molar-refractivity contribution in [1.82, 2.24) is 10.2 Å². The zero-order valence-electron chi connectivity index (χ0n) is 12.7. The summed E-state index contributed by atoms with van der Waals surface area (Å²) in [5.41, 5.74) is 6.59. The third-order valence-electron chi connectivity index (χ3n) is 3.42. The molecular formula is C17H15N3O4. The average Bonchev–Trinajstić information content (AvgIpc) is 3.07. The third kappa shape index (κ3) is 3.19. The van der Waals surface area contributed by atoms with E-state index in [2.05, 4.69) is 10.2 Å². The van der Waals surface area contributed by atoms with Gasteiger partial charge in [-0.15, -0.1) is 0 Å². The molecule has 0 atom stereocenters. The number of primary amides is 1. The zero-order chi connectivity index (χ0) is 16.9. The number of para-hydroxylation sites is 2. The number of aromatic amines is 1. The zero-order valence-corrected chi connectivity index (χ0v) is 12.7. The first-order valence-corrected chi connectivity index (χ1v) is 7.27. The fraction of sp³-hybridized carbons (Fsp3) is 0.118. The first-order chi connectivity index (χ1) is 11.7. The van der Waals surface area contributed by atoms with E-state index in [1.807, 2.05) is 6.07 Å². The van der Waals surface area contributed by atoms with Gasteiger partial charge in [-0.2, -0.15) is 5.10 Å². The molecule has 0 aliphatic rings. The van der Waals surface area contributed by atoms with Crippen LogP contribution in [0.2, 0.25) is 0 Å². The number of carbonyl (C=O) groups is 2. The largest absolute Gasteiger partial charge is 0.489 e. The molecule has 3 N–H and O–H groups in total. The van der Waals surface area contributed by atoms with E-state index in [1.165, 1.54) is 0 Å².